The molecule has 136 valence electrons. The van der Waals surface area contributed by atoms with E-state index in [1.54, 1.807) is 7.11 Å². The average Bonchev–Trinajstić information content (AvgIpc) is 3.01. The van der Waals surface area contributed by atoms with Gasteiger partial charge < -0.3 is 18.9 Å². The van der Waals surface area contributed by atoms with Crippen LogP contribution in [0.2, 0.25) is 0 Å². The van der Waals surface area contributed by atoms with Gasteiger partial charge in [0.15, 0.2) is 12.1 Å². The van der Waals surface area contributed by atoms with Crippen molar-refractivity contribution in [2.75, 3.05) is 13.7 Å². The monoisotopic (exact) mass is 364 g/mol. The summed E-state index contributed by atoms with van der Waals surface area (Å²) in [6.07, 6.45) is 4.51. The summed E-state index contributed by atoms with van der Waals surface area (Å²) in [5.74, 6) is -0.492. The third-order valence-corrected chi connectivity index (χ3v) is 6.41. The lowest BCUT2D eigenvalue weighted by Crippen LogP contribution is -2.51. The molecule has 2 aliphatic heterocycles. The summed E-state index contributed by atoms with van der Waals surface area (Å²) in [5.41, 5.74) is 0.677. The number of carbonyl (C=O) groups excluding carboxylic acids is 1. The Morgan fingerprint density at radius 1 is 1.16 bits per heavy atom. The Morgan fingerprint density at radius 3 is 2.64 bits per heavy atom. The number of rotatable bonds is 3. The molecule has 0 unspecified atom stereocenters. The van der Waals surface area contributed by atoms with Gasteiger partial charge in [0.25, 0.3) is 0 Å². The number of fused-ring (bicyclic) bond motifs is 1. The summed E-state index contributed by atoms with van der Waals surface area (Å²) in [7, 11) is 1.61. The zero-order valence-electron chi connectivity index (χ0n) is 14.4. The molecule has 1 aromatic carbocycles. The van der Waals surface area contributed by atoms with Crippen LogP contribution in [-0.2, 0) is 18.9 Å². The van der Waals surface area contributed by atoms with E-state index < -0.39 is 12.1 Å². The third kappa shape index (κ3) is 3.51. The lowest BCUT2D eigenvalue weighted by molar-refractivity contribution is -0.194. The number of ether oxygens (including phenoxy) is 4. The molecule has 0 radical (unpaired) electrons. The minimum atomic E-state index is -0.492. The molecule has 0 bridgehead atoms. The first-order valence-electron chi connectivity index (χ1n) is 8.97. The van der Waals surface area contributed by atoms with Crippen molar-refractivity contribution in [1.82, 2.24) is 0 Å². The first-order chi connectivity index (χ1) is 12.2. The number of methoxy groups -OCH3 is 1. The number of carbonyl (C=O) groups is 1. The highest BCUT2D eigenvalue weighted by Gasteiger charge is 2.55. The lowest BCUT2D eigenvalue weighted by Gasteiger charge is -2.36. The van der Waals surface area contributed by atoms with Crippen molar-refractivity contribution in [1.29, 1.82) is 0 Å². The maximum atomic E-state index is 12.7. The smallest absolute Gasteiger partial charge is 0.219 e. The van der Waals surface area contributed by atoms with Crippen molar-refractivity contribution in [2.24, 2.45) is 0 Å². The van der Waals surface area contributed by atoms with E-state index in [0.717, 1.165) is 25.7 Å². The molecule has 4 atom stereocenters. The molecule has 0 amide bonds. The molecule has 1 saturated carbocycles. The van der Waals surface area contributed by atoms with E-state index in [2.05, 4.69) is 0 Å². The fraction of sp³-hybridized carbons (Fsp3) is 0.632. The first-order valence-corrected chi connectivity index (χ1v) is 9.85. The average molecular weight is 364 g/mol. The number of hydrogen-bond donors (Lipinski definition) is 0. The van der Waals surface area contributed by atoms with E-state index in [-0.39, 0.29) is 22.6 Å². The lowest BCUT2D eigenvalue weighted by atomic mass is 9.94. The number of benzene rings is 1. The van der Waals surface area contributed by atoms with Crippen LogP contribution in [-0.4, -0.2) is 48.4 Å². The number of thioether (sulfide) groups is 1. The Kier molecular flexibility index (Phi) is 5.15. The van der Waals surface area contributed by atoms with Crippen LogP contribution in [0, 0.1) is 0 Å². The van der Waals surface area contributed by atoms with Gasteiger partial charge >= 0.3 is 0 Å². The summed E-state index contributed by atoms with van der Waals surface area (Å²) in [5, 5.41) is -0.233. The van der Waals surface area contributed by atoms with Crippen LogP contribution in [0.5, 0.6) is 0 Å². The molecule has 6 heteroatoms. The second-order valence-corrected chi connectivity index (χ2v) is 8.03. The van der Waals surface area contributed by atoms with Crippen molar-refractivity contribution in [3.8, 4) is 0 Å². The molecule has 0 N–H and O–H groups in total. The molecule has 0 aromatic heterocycles. The zero-order chi connectivity index (χ0) is 17.3. The summed E-state index contributed by atoms with van der Waals surface area (Å²) < 4.78 is 24.0. The van der Waals surface area contributed by atoms with Gasteiger partial charge in [-0.15, -0.1) is 0 Å². The molecule has 25 heavy (non-hydrogen) atoms. The molecule has 4 rings (SSSR count). The van der Waals surface area contributed by atoms with Gasteiger partial charge in [0.1, 0.15) is 12.2 Å². The molecule has 2 heterocycles. The summed E-state index contributed by atoms with van der Waals surface area (Å²) in [6, 6.07) is 9.29. The van der Waals surface area contributed by atoms with Crippen LogP contribution in [0.4, 0.5) is 0 Å². The fourth-order valence-corrected chi connectivity index (χ4v) is 5.14. The Labute approximate surface area is 152 Å². The van der Waals surface area contributed by atoms with Gasteiger partial charge in [-0.05, 0) is 12.8 Å². The van der Waals surface area contributed by atoms with Crippen molar-refractivity contribution in [3.63, 3.8) is 0 Å². The molecule has 1 aliphatic carbocycles. The van der Waals surface area contributed by atoms with E-state index in [1.807, 2.05) is 30.3 Å². The summed E-state index contributed by atoms with van der Waals surface area (Å²) in [6.45, 7) is 0.446. The van der Waals surface area contributed by atoms with E-state index in [9.17, 15) is 4.79 Å². The van der Waals surface area contributed by atoms with Crippen LogP contribution in [0.15, 0.2) is 30.3 Å². The third-order valence-electron chi connectivity index (χ3n) is 5.20. The van der Waals surface area contributed by atoms with Crippen molar-refractivity contribution in [3.05, 3.63) is 35.9 Å². The van der Waals surface area contributed by atoms with Crippen molar-refractivity contribution in [2.45, 2.75) is 61.6 Å². The molecule has 5 nitrogen and oxygen atoms in total. The van der Waals surface area contributed by atoms with E-state index in [0.29, 0.717) is 12.2 Å². The van der Waals surface area contributed by atoms with Gasteiger partial charge in [-0.2, -0.15) is 0 Å². The van der Waals surface area contributed by atoms with E-state index >= 15 is 0 Å². The first kappa shape index (κ1) is 17.5. The van der Waals surface area contributed by atoms with Gasteiger partial charge in [0.05, 0.1) is 11.9 Å². The standard InChI is InChI=1S/C19H24O5S/c1-21-18-16(25-17(20)13-8-4-2-5-9-13)15-14(12-22-18)23-19(24-15)10-6-3-7-11-19/h2,4-5,8-9,14-16,18H,3,6-7,10-12H2,1H3/t14-,15-,16-,18-/m1/s1. The minimum Gasteiger partial charge on any atom is -0.355 e. The molecule has 1 spiro atoms. The highest BCUT2D eigenvalue weighted by molar-refractivity contribution is 8.14. The van der Waals surface area contributed by atoms with E-state index in [4.69, 9.17) is 18.9 Å². The van der Waals surface area contributed by atoms with Crippen LogP contribution < -0.4 is 0 Å². The molecule has 2 saturated heterocycles. The zero-order valence-corrected chi connectivity index (χ0v) is 15.2. The Bertz CT molecular complexity index is 601. The molecule has 1 aromatic rings. The second kappa shape index (κ2) is 7.37. The van der Waals surface area contributed by atoms with E-state index in [1.165, 1.54) is 18.2 Å². The molecular formula is C19H24O5S. The van der Waals surface area contributed by atoms with Gasteiger partial charge in [-0.1, -0.05) is 48.5 Å². The normalized spacial score (nSPS) is 34.0. The van der Waals surface area contributed by atoms with Crippen LogP contribution in [0.1, 0.15) is 42.5 Å². The highest BCUT2D eigenvalue weighted by Crippen LogP contribution is 2.46. The SMILES string of the molecule is CO[C@@H]1OC[C@H]2OC3(CCCCC3)O[C@H]2[C@H]1SC(=O)c1ccccc1. The van der Waals surface area contributed by atoms with Crippen molar-refractivity contribution < 1.29 is 23.7 Å². The van der Waals surface area contributed by atoms with Gasteiger partial charge in [-0.3, -0.25) is 4.79 Å². The maximum Gasteiger partial charge on any atom is 0.219 e. The Balaban J connectivity index is 1.52. The van der Waals surface area contributed by atoms with Crippen LogP contribution in [0.3, 0.4) is 0 Å². The predicted molar refractivity (Wildman–Crippen MR) is 94.5 cm³/mol. The van der Waals surface area contributed by atoms with Gasteiger partial charge in [-0.25, -0.2) is 0 Å². The maximum absolute atomic E-state index is 12.7. The fourth-order valence-electron chi connectivity index (χ4n) is 3.96. The predicted octanol–water partition coefficient (Wildman–Crippen LogP) is 3.38. The largest absolute Gasteiger partial charge is 0.355 e. The number of hydrogen-bond acceptors (Lipinski definition) is 6. The van der Waals surface area contributed by atoms with Gasteiger partial charge in [0.2, 0.25) is 5.12 Å². The highest BCUT2D eigenvalue weighted by atomic mass is 32.2. The molecule has 3 aliphatic rings. The summed E-state index contributed by atoms with van der Waals surface area (Å²) in [4.78, 5) is 12.7. The van der Waals surface area contributed by atoms with Crippen LogP contribution >= 0.6 is 11.8 Å². The van der Waals surface area contributed by atoms with Gasteiger partial charge in [0, 0.05) is 25.5 Å². The molecular weight excluding hydrogens is 340 g/mol. The van der Waals surface area contributed by atoms with Crippen molar-refractivity contribution >= 4 is 16.9 Å². The Morgan fingerprint density at radius 2 is 1.92 bits per heavy atom. The topological polar surface area (TPSA) is 54.0 Å². The second-order valence-electron chi connectivity index (χ2n) is 6.88. The molecule has 3 fully saturated rings. The summed E-state index contributed by atoms with van der Waals surface area (Å²) >= 11 is 1.24. The minimum absolute atomic E-state index is 0.00472. The van der Waals surface area contributed by atoms with Crippen LogP contribution in [0.25, 0.3) is 0 Å². The quantitative estimate of drug-likeness (QED) is 0.820. The Hall–Kier alpha value is -0.920.